The topological polar surface area (TPSA) is 49.8 Å². The molecule has 17 heavy (non-hydrogen) atoms. The molecule has 1 rings (SSSR count). The number of hydrogen-bond donors (Lipinski definition) is 1. The molecule has 0 aliphatic carbocycles. The van der Waals surface area contributed by atoms with Gasteiger partial charge in [-0.3, -0.25) is 9.69 Å². The lowest BCUT2D eigenvalue weighted by Gasteiger charge is -2.22. The molecule has 1 aliphatic rings. The predicted molar refractivity (Wildman–Crippen MR) is 67.1 cm³/mol. The van der Waals surface area contributed by atoms with E-state index in [-0.39, 0.29) is 6.54 Å². The van der Waals surface area contributed by atoms with Gasteiger partial charge in [0.25, 0.3) is 0 Å². The lowest BCUT2D eigenvalue weighted by molar-refractivity contribution is -0.138. The minimum absolute atomic E-state index is 0.156. The molecule has 1 heterocycles. The fourth-order valence-corrected chi connectivity index (χ4v) is 2.36. The van der Waals surface area contributed by atoms with Gasteiger partial charge in [0.15, 0.2) is 0 Å². The third-order valence-electron chi connectivity index (χ3n) is 3.01. The maximum Gasteiger partial charge on any atom is 0.317 e. The van der Waals surface area contributed by atoms with E-state index in [1.165, 1.54) is 12.8 Å². The van der Waals surface area contributed by atoms with Crippen molar-refractivity contribution in [2.24, 2.45) is 5.92 Å². The molecule has 1 unspecified atom stereocenters. The summed E-state index contributed by atoms with van der Waals surface area (Å²) in [7, 11) is 0. The number of aliphatic carboxylic acids is 1. The zero-order chi connectivity index (χ0) is 12.7. The number of carboxylic acid groups (broad SMARTS) is 1. The standard InChI is InChI=1S/C13H25NO3/c1-11(2)9-14(10-13(15)16)7-3-5-12-6-4-8-17-12/h11-12H,3-10H2,1-2H3,(H,15,16). The lowest BCUT2D eigenvalue weighted by Crippen LogP contribution is -2.34. The van der Waals surface area contributed by atoms with Crippen molar-refractivity contribution in [2.75, 3.05) is 26.2 Å². The first kappa shape index (κ1) is 14.5. The largest absolute Gasteiger partial charge is 0.480 e. The van der Waals surface area contributed by atoms with Gasteiger partial charge in [0.2, 0.25) is 0 Å². The molecule has 1 saturated heterocycles. The van der Waals surface area contributed by atoms with Crippen LogP contribution in [-0.4, -0.2) is 48.3 Å². The molecule has 1 fully saturated rings. The van der Waals surface area contributed by atoms with Gasteiger partial charge >= 0.3 is 5.97 Å². The van der Waals surface area contributed by atoms with Crippen molar-refractivity contribution in [3.8, 4) is 0 Å². The van der Waals surface area contributed by atoms with Crippen LogP contribution < -0.4 is 0 Å². The summed E-state index contributed by atoms with van der Waals surface area (Å²) in [5.41, 5.74) is 0. The minimum Gasteiger partial charge on any atom is -0.480 e. The summed E-state index contributed by atoms with van der Waals surface area (Å²) in [6, 6.07) is 0. The number of rotatable bonds is 8. The molecule has 1 atom stereocenters. The van der Waals surface area contributed by atoms with Crippen LogP contribution in [-0.2, 0) is 9.53 Å². The van der Waals surface area contributed by atoms with Gasteiger partial charge in [-0.25, -0.2) is 0 Å². The minimum atomic E-state index is -0.734. The Balaban J connectivity index is 2.19. The van der Waals surface area contributed by atoms with Crippen LogP contribution in [0.1, 0.15) is 39.5 Å². The van der Waals surface area contributed by atoms with Crippen molar-refractivity contribution >= 4 is 5.97 Å². The van der Waals surface area contributed by atoms with Gasteiger partial charge in [-0.15, -0.1) is 0 Å². The average molecular weight is 243 g/mol. The summed E-state index contributed by atoms with van der Waals surface area (Å²) < 4.78 is 5.56. The first-order valence-electron chi connectivity index (χ1n) is 6.63. The van der Waals surface area contributed by atoms with Crippen LogP contribution >= 0.6 is 0 Å². The van der Waals surface area contributed by atoms with Crippen LogP contribution in [0.4, 0.5) is 0 Å². The molecule has 0 bridgehead atoms. The highest BCUT2D eigenvalue weighted by atomic mass is 16.5. The molecule has 0 amide bonds. The first-order valence-corrected chi connectivity index (χ1v) is 6.63. The summed E-state index contributed by atoms with van der Waals surface area (Å²) in [5.74, 6) is -0.222. The van der Waals surface area contributed by atoms with E-state index >= 15 is 0 Å². The SMILES string of the molecule is CC(C)CN(CCCC1CCCO1)CC(=O)O. The summed E-state index contributed by atoms with van der Waals surface area (Å²) in [5, 5.41) is 8.84. The van der Waals surface area contributed by atoms with E-state index in [9.17, 15) is 4.79 Å². The fourth-order valence-electron chi connectivity index (χ4n) is 2.36. The quantitative estimate of drug-likeness (QED) is 0.708. The van der Waals surface area contributed by atoms with Gasteiger partial charge in [0.1, 0.15) is 0 Å². The van der Waals surface area contributed by atoms with Gasteiger partial charge in [-0.1, -0.05) is 13.8 Å². The maximum absolute atomic E-state index is 10.7. The molecule has 1 aliphatic heterocycles. The van der Waals surface area contributed by atoms with E-state index in [2.05, 4.69) is 13.8 Å². The Bertz CT molecular complexity index is 225. The number of carboxylic acids is 1. The lowest BCUT2D eigenvalue weighted by atomic mass is 10.1. The highest BCUT2D eigenvalue weighted by molar-refractivity contribution is 5.69. The zero-order valence-corrected chi connectivity index (χ0v) is 11.0. The molecule has 0 spiro atoms. The second-order valence-corrected chi connectivity index (χ2v) is 5.30. The zero-order valence-electron chi connectivity index (χ0n) is 11.0. The molecule has 100 valence electrons. The van der Waals surface area contributed by atoms with Gasteiger partial charge in [0.05, 0.1) is 12.6 Å². The van der Waals surface area contributed by atoms with Crippen molar-refractivity contribution < 1.29 is 14.6 Å². The Hall–Kier alpha value is -0.610. The summed E-state index contributed by atoms with van der Waals surface area (Å²) >= 11 is 0. The van der Waals surface area contributed by atoms with Crippen molar-refractivity contribution in [3.05, 3.63) is 0 Å². The second kappa shape index (κ2) is 7.67. The Kier molecular flexibility index (Phi) is 6.52. The smallest absolute Gasteiger partial charge is 0.317 e. The molecular weight excluding hydrogens is 218 g/mol. The van der Waals surface area contributed by atoms with E-state index in [0.717, 1.165) is 32.5 Å². The van der Waals surface area contributed by atoms with Crippen molar-refractivity contribution in [1.29, 1.82) is 0 Å². The Morgan fingerprint density at radius 3 is 2.82 bits per heavy atom. The summed E-state index contributed by atoms with van der Waals surface area (Å²) in [6.45, 7) is 7.02. The summed E-state index contributed by atoms with van der Waals surface area (Å²) in [6.07, 6.45) is 4.86. The van der Waals surface area contributed by atoms with E-state index in [1.807, 2.05) is 4.90 Å². The van der Waals surface area contributed by atoms with Gasteiger partial charge in [0, 0.05) is 13.2 Å². The second-order valence-electron chi connectivity index (χ2n) is 5.30. The van der Waals surface area contributed by atoms with Crippen molar-refractivity contribution in [1.82, 2.24) is 4.90 Å². The predicted octanol–water partition coefficient (Wildman–Crippen LogP) is 1.99. The monoisotopic (exact) mass is 243 g/mol. The van der Waals surface area contributed by atoms with Crippen molar-refractivity contribution in [3.63, 3.8) is 0 Å². The van der Waals surface area contributed by atoms with Crippen LogP contribution in [0, 0.1) is 5.92 Å². The van der Waals surface area contributed by atoms with Gasteiger partial charge in [-0.2, -0.15) is 0 Å². The van der Waals surface area contributed by atoms with E-state index in [1.54, 1.807) is 0 Å². The molecule has 0 radical (unpaired) electrons. The van der Waals surface area contributed by atoms with Crippen LogP contribution in [0.25, 0.3) is 0 Å². The van der Waals surface area contributed by atoms with Crippen molar-refractivity contribution in [2.45, 2.75) is 45.6 Å². The molecule has 0 aromatic rings. The van der Waals surface area contributed by atoms with Crippen LogP contribution in [0.5, 0.6) is 0 Å². The number of ether oxygens (including phenoxy) is 1. The van der Waals surface area contributed by atoms with Crippen LogP contribution in [0.15, 0.2) is 0 Å². The molecular formula is C13H25NO3. The maximum atomic E-state index is 10.7. The average Bonchev–Trinajstić information content (AvgIpc) is 2.68. The van der Waals surface area contributed by atoms with Gasteiger partial charge in [-0.05, 0) is 38.1 Å². The number of hydrogen-bond acceptors (Lipinski definition) is 3. The number of carbonyl (C=O) groups is 1. The third-order valence-corrected chi connectivity index (χ3v) is 3.01. The molecule has 0 aromatic heterocycles. The molecule has 0 aromatic carbocycles. The fraction of sp³-hybridized carbons (Fsp3) is 0.923. The molecule has 0 saturated carbocycles. The van der Waals surface area contributed by atoms with E-state index < -0.39 is 5.97 Å². The Morgan fingerprint density at radius 2 is 2.29 bits per heavy atom. The van der Waals surface area contributed by atoms with E-state index in [4.69, 9.17) is 9.84 Å². The normalized spacial score (nSPS) is 20.4. The highest BCUT2D eigenvalue weighted by Gasteiger charge is 2.16. The third kappa shape index (κ3) is 6.64. The molecule has 4 heteroatoms. The summed E-state index contributed by atoms with van der Waals surface area (Å²) in [4.78, 5) is 12.8. The highest BCUT2D eigenvalue weighted by Crippen LogP contribution is 2.17. The van der Waals surface area contributed by atoms with Crippen LogP contribution in [0.2, 0.25) is 0 Å². The van der Waals surface area contributed by atoms with E-state index in [0.29, 0.717) is 12.0 Å². The Labute approximate surface area is 104 Å². The molecule has 4 nitrogen and oxygen atoms in total. The van der Waals surface area contributed by atoms with Crippen LogP contribution in [0.3, 0.4) is 0 Å². The first-order chi connectivity index (χ1) is 8.08. The Morgan fingerprint density at radius 1 is 1.53 bits per heavy atom. The van der Waals surface area contributed by atoms with Gasteiger partial charge < -0.3 is 9.84 Å². The number of nitrogens with zero attached hydrogens (tertiary/aromatic N) is 1. The molecule has 1 N–H and O–H groups in total.